The lowest BCUT2D eigenvalue weighted by molar-refractivity contribution is -0.140. The molecule has 0 fully saturated rings. The van der Waals surface area contributed by atoms with Gasteiger partial charge in [0, 0.05) is 24.7 Å². The van der Waals surface area contributed by atoms with Crippen molar-refractivity contribution >= 4 is 5.97 Å². The van der Waals surface area contributed by atoms with Gasteiger partial charge in [0.15, 0.2) is 0 Å². The Morgan fingerprint density at radius 1 is 0.862 bits per heavy atom. The lowest BCUT2D eigenvalue weighted by atomic mass is 10.1. The normalized spacial score (nSPS) is 10.8. The second-order valence-corrected chi connectivity index (χ2v) is 7.12. The fraction of sp³-hybridized carbons (Fsp3) is 0.333. The molecule has 0 unspecified atom stereocenters. The Labute approximate surface area is 171 Å². The van der Waals surface area contributed by atoms with Gasteiger partial charge in [-0.2, -0.15) is 0 Å². The van der Waals surface area contributed by atoms with Crippen LogP contribution in [0.4, 0.5) is 0 Å². The molecule has 2 aromatic carbocycles. The maximum absolute atomic E-state index is 13.1. The van der Waals surface area contributed by atoms with Crippen molar-refractivity contribution in [3.8, 4) is 16.9 Å². The second kappa shape index (κ2) is 10.5. The molecule has 5 nitrogen and oxygen atoms in total. The summed E-state index contributed by atoms with van der Waals surface area (Å²) < 4.78 is 8.25. The van der Waals surface area contributed by atoms with Crippen LogP contribution in [0.15, 0.2) is 71.7 Å². The molecule has 0 spiro atoms. The fourth-order valence-electron chi connectivity index (χ4n) is 3.48. The third-order valence-electron chi connectivity index (χ3n) is 5.05. The number of benzene rings is 2. The number of aryl methyl sites for hydroxylation is 1. The van der Waals surface area contributed by atoms with Crippen molar-refractivity contribution in [1.29, 1.82) is 0 Å². The molecule has 3 rings (SSSR count). The number of imidazole rings is 1. The van der Waals surface area contributed by atoms with Gasteiger partial charge in [0.1, 0.15) is 0 Å². The summed E-state index contributed by atoms with van der Waals surface area (Å²) in [5.74, 6) is -0.146. The molecule has 0 atom stereocenters. The molecule has 0 saturated carbocycles. The Kier molecular flexibility index (Phi) is 7.45. The molecule has 29 heavy (non-hydrogen) atoms. The number of ether oxygens (including phenoxy) is 1. The van der Waals surface area contributed by atoms with Crippen molar-refractivity contribution in [1.82, 2.24) is 9.13 Å². The van der Waals surface area contributed by atoms with Crippen molar-refractivity contribution in [2.45, 2.75) is 45.1 Å². The highest BCUT2D eigenvalue weighted by atomic mass is 16.5. The third kappa shape index (κ3) is 5.47. The Morgan fingerprint density at radius 3 is 2.17 bits per heavy atom. The quantitative estimate of drug-likeness (QED) is 0.367. The minimum Gasteiger partial charge on any atom is -0.469 e. The van der Waals surface area contributed by atoms with Crippen LogP contribution in [0.25, 0.3) is 16.9 Å². The molecular formula is C24H28N2O3. The molecule has 3 aromatic rings. The van der Waals surface area contributed by atoms with Gasteiger partial charge in [-0.3, -0.25) is 13.9 Å². The average molecular weight is 392 g/mol. The monoisotopic (exact) mass is 392 g/mol. The summed E-state index contributed by atoms with van der Waals surface area (Å²) in [6.07, 6.45) is 7.32. The second-order valence-electron chi connectivity index (χ2n) is 7.12. The van der Waals surface area contributed by atoms with Crippen LogP contribution in [0.1, 0.15) is 38.5 Å². The van der Waals surface area contributed by atoms with Crippen molar-refractivity contribution in [3.63, 3.8) is 0 Å². The zero-order valence-electron chi connectivity index (χ0n) is 16.9. The summed E-state index contributed by atoms with van der Waals surface area (Å²) >= 11 is 0. The smallest absolute Gasteiger partial charge is 0.333 e. The topological polar surface area (TPSA) is 53.2 Å². The van der Waals surface area contributed by atoms with Crippen LogP contribution in [0.2, 0.25) is 0 Å². The van der Waals surface area contributed by atoms with Gasteiger partial charge in [0.05, 0.1) is 18.5 Å². The number of aromatic nitrogens is 2. The molecule has 152 valence electrons. The van der Waals surface area contributed by atoms with Crippen LogP contribution >= 0.6 is 0 Å². The van der Waals surface area contributed by atoms with E-state index >= 15 is 0 Å². The van der Waals surface area contributed by atoms with Crippen LogP contribution < -0.4 is 5.69 Å². The largest absolute Gasteiger partial charge is 0.469 e. The first kappa shape index (κ1) is 20.6. The number of nitrogens with zero attached hydrogens (tertiary/aromatic N) is 2. The minimum atomic E-state index is -0.146. The Balaban J connectivity index is 1.68. The van der Waals surface area contributed by atoms with Gasteiger partial charge in [-0.15, -0.1) is 0 Å². The Morgan fingerprint density at radius 2 is 1.48 bits per heavy atom. The van der Waals surface area contributed by atoms with E-state index in [9.17, 15) is 9.59 Å². The van der Waals surface area contributed by atoms with E-state index in [1.54, 1.807) is 4.57 Å². The fourth-order valence-corrected chi connectivity index (χ4v) is 3.48. The van der Waals surface area contributed by atoms with E-state index in [0.29, 0.717) is 13.0 Å². The van der Waals surface area contributed by atoms with Gasteiger partial charge in [0.2, 0.25) is 0 Å². The molecule has 5 heteroatoms. The van der Waals surface area contributed by atoms with E-state index in [1.807, 2.05) is 71.4 Å². The Hall–Kier alpha value is -3.08. The molecule has 0 aliphatic heterocycles. The first-order chi connectivity index (χ1) is 14.2. The van der Waals surface area contributed by atoms with Crippen molar-refractivity contribution in [3.05, 3.63) is 77.3 Å². The number of carbonyl (C=O) groups excluding carboxylic acids is 1. The van der Waals surface area contributed by atoms with Gasteiger partial charge in [0.25, 0.3) is 0 Å². The number of rotatable bonds is 10. The minimum absolute atomic E-state index is 0.0132. The van der Waals surface area contributed by atoms with Crippen LogP contribution in [0.5, 0.6) is 0 Å². The van der Waals surface area contributed by atoms with Gasteiger partial charge in [-0.1, -0.05) is 67.8 Å². The summed E-state index contributed by atoms with van der Waals surface area (Å²) in [5.41, 5.74) is 2.79. The van der Waals surface area contributed by atoms with Crippen LogP contribution in [0.3, 0.4) is 0 Å². The molecule has 0 bridgehead atoms. The number of para-hydroxylation sites is 1. The van der Waals surface area contributed by atoms with Gasteiger partial charge in [-0.25, -0.2) is 4.79 Å². The predicted molar refractivity (Wildman–Crippen MR) is 115 cm³/mol. The molecule has 1 heterocycles. The van der Waals surface area contributed by atoms with E-state index in [2.05, 4.69) is 4.74 Å². The van der Waals surface area contributed by atoms with E-state index in [0.717, 1.165) is 49.0 Å². The van der Waals surface area contributed by atoms with E-state index < -0.39 is 0 Å². The molecule has 0 amide bonds. The van der Waals surface area contributed by atoms with Crippen molar-refractivity contribution < 1.29 is 9.53 Å². The SMILES string of the molecule is COC(=O)CCCCCCCn1cc(-c2ccccc2)n(-c2ccccc2)c1=O. The summed E-state index contributed by atoms with van der Waals surface area (Å²) in [5, 5.41) is 0. The highest BCUT2D eigenvalue weighted by Gasteiger charge is 2.14. The first-order valence-corrected chi connectivity index (χ1v) is 10.2. The van der Waals surface area contributed by atoms with E-state index in [1.165, 1.54) is 7.11 Å². The zero-order valence-corrected chi connectivity index (χ0v) is 16.9. The third-order valence-corrected chi connectivity index (χ3v) is 5.05. The summed E-state index contributed by atoms with van der Waals surface area (Å²) in [6.45, 7) is 0.690. The molecule has 0 aliphatic rings. The lowest BCUT2D eigenvalue weighted by Gasteiger charge is -2.07. The van der Waals surface area contributed by atoms with Crippen LogP contribution in [-0.2, 0) is 16.1 Å². The van der Waals surface area contributed by atoms with E-state index in [4.69, 9.17) is 0 Å². The van der Waals surface area contributed by atoms with Gasteiger partial charge >= 0.3 is 11.7 Å². The molecule has 0 N–H and O–H groups in total. The summed E-state index contributed by atoms with van der Waals surface area (Å²) in [7, 11) is 1.42. The highest BCUT2D eigenvalue weighted by molar-refractivity contribution is 5.69. The van der Waals surface area contributed by atoms with Gasteiger partial charge < -0.3 is 4.74 Å². The number of hydrogen-bond donors (Lipinski definition) is 0. The number of carbonyl (C=O) groups is 1. The number of esters is 1. The number of methoxy groups -OCH3 is 1. The van der Waals surface area contributed by atoms with Crippen LogP contribution in [0, 0.1) is 0 Å². The maximum Gasteiger partial charge on any atom is 0.333 e. The molecular weight excluding hydrogens is 364 g/mol. The standard InChI is InChI=1S/C24H28N2O3/c1-29-23(27)17-11-3-2-4-12-18-25-19-22(20-13-7-5-8-14-20)26(24(25)28)21-15-9-6-10-16-21/h5-10,13-16,19H,2-4,11-12,17-18H2,1H3. The predicted octanol–water partition coefficient (Wildman–Crippen LogP) is 4.82. The van der Waals surface area contributed by atoms with E-state index in [-0.39, 0.29) is 11.7 Å². The van der Waals surface area contributed by atoms with Crippen molar-refractivity contribution in [2.75, 3.05) is 7.11 Å². The lowest BCUT2D eigenvalue weighted by Crippen LogP contribution is -2.23. The number of hydrogen-bond acceptors (Lipinski definition) is 3. The molecule has 0 aliphatic carbocycles. The molecule has 0 radical (unpaired) electrons. The zero-order chi connectivity index (χ0) is 20.5. The average Bonchev–Trinajstić information content (AvgIpc) is 3.10. The highest BCUT2D eigenvalue weighted by Crippen LogP contribution is 2.21. The Bertz CT molecular complexity index is 959. The molecule has 1 aromatic heterocycles. The summed E-state index contributed by atoms with van der Waals surface area (Å²) in [6, 6.07) is 19.8. The first-order valence-electron chi connectivity index (χ1n) is 10.2. The van der Waals surface area contributed by atoms with Crippen molar-refractivity contribution in [2.24, 2.45) is 0 Å². The molecule has 0 saturated heterocycles. The maximum atomic E-state index is 13.1. The van der Waals surface area contributed by atoms with Crippen LogP contribution in [-0.4, -0.2) is 22.2 Å². The number of unbranched alkanes of at least 4 members (excludes halogenated alkanes) is 4. The van der Waals surface area contributed by atoms with Gasteiger partial charge in [-0.05, 0) is 25.0 Å². The summed E-state index contributed by atoms with van der Waals surface area (Å²) in [4.78, 5) is 24.2.